The molecule has 2 aliphatic heterocycles. The van der Waals surface area contributed by atoms with E-state index in [1.165, 1.54) is 5.56 Å². The molecular weight excluding hydrogens is 306 g/mol. The van der Waals surface area contributed by atoms with Gasteiger partial charge < -0.3 is 20.1 Å². The minimum absolute atomic E-state index is 0.0484. The number of likely N-dealkylation sites (tertiary alicyclic amines) is 1. The molecular formula is C17H27N5O2. The van der Waals surface area contributed by atoms with Crippen LogP contribution in [0.25, 0.3) is 0 Å². The second-order valence-corrected chi connectivity index (χ2v) is 7.54. The lowest BCUT2D eigenvalue weighted by atomic mass is 10.2. The Hall–Kier alpha value is -1.44. The molecule has 1 saturated heterocycles. The molecule has 0 bridgehead atoms. The van der Waals surface area contributed by atoms with Gasteiger partial charge in [0.05, 0.1) is 6.10 Å². The lowest BCUT2D eigenvalue weighted by Gasteiger charge is -2.28. The predicted molar refractivity (Wildman–Crippen MR) is 91.8 cm³/mol. The van der Waals surface area contributed by atoms with Crippen LogP contribution in [-0.2, 0) is 11.2 Å². The van der Waals surface area contributed by atoms with Crippen LogP contribution in [0.4, 0.5) is 11.6 Å². The first-order valence-corrected chi connectivity index (χ1v) is 8.91. The van der Waals surface area contributed by atoms with Crippen molar-refractivity contribution < 1.29 is 9.84 Å². The number of hydrogen-bond acceptors (Lipinski definition) is 7. The number of nitrogens with one attached hydrogen (secondary N) is 1. The van der Waals surface area contributed by atoms with Crippen LogP contribution < -0.4 is 10.2 Å². The van der Waals surface area contributed by atoms with Crippen LogP contribution in [0.3, 0.4) is 0 Å². The van der Waals surface area contributed by atoms with Gasteiger partial charge in [0.15, 0.2) is 0 Å². The first kappa shape index (κ1) is 16.1. The lowest BCUT2D eigenvalue weighted by molar-refractivity contribution is -0.208. The van der Waals surface area contributed by atoms with E-state index in [0.29, 0.717) is 17.8 Å². The smallest absolute Gasteiger partial charge is 0.216 e. The summed E-state index contributed by atoms with van der Waals surface area (Å²) in [7, 11) is 2.13. The van der Waals surface area contributed by atoms with E-state index < -0.39 is 6.41 Å². The van der Waals surface area contributed by atoms with E-state index in [2.05, 4.69) is 32.1 Å². The highest BCUT2D eigenvalue weighted by atomic mass is 16.6. The highest BCUT2D eigenvalue weighted by Gasteiger charge is 2.56. The SMILES string of the molecule is CC(C)OC(O)N1CC2C(CN(C)c3ncnc4c3CCN4)C2C1. The molecule has 1 saturated carbocycles. The van der Waals surface area contributed by atoms with Crippen LogP contribution in [-0.4, -0.2) is 65.7 Å². The summed E-state index contributed by atoms with van der Waals surface area (Å²) < 4.78 is 5.49. The summed E-state index contributed by atoms with van der Waals surface area (Å²) >= 11 is 0. The summed E-state index contributed by atoms with van der Waals surface area (Å²) in [5, 5.41) is 13.4. The number of fused-ring (bicyclic) bond motifs is 2. The fourth-order valence-corrected chi connectivity index (χ4v) is 4.29. The van der Waals surface area contributed by atoms with Crippen LogP contribution in [0.2, 0.25) is 0 Å². The van der Waals surface area contributed by atoms with Gasteiger partial charge in [0.1, 0.15) is 18.0 Å². The van der Waals surface area contributed by atoms with E-state index in [9.17, 15) is 5.11 Å². The number of nitrogens with zero attached hydrogens (tertiary/aromatic N) is 4. The molecule has 132 valence electrons. The van der Waals surface area contributed by atoms with Crippen LogP contribution in [0.15, 0.2) is 6.33 Å². The van der Waals surface area contributed by atoms with Gasteiger partial charge in [0, 0.05) is 38.8 Å². The third kappa shape index (κ3) is 2.85. The van der Waals surface area contributed by atoms with Crippen molar-refractivity contribution in [2.24, 2.45) is 17.8 Å². The van der Waals surface area contributed by atoms with Gasteiger partial charge in [0.2, 0.25) is 6.41 Å². The minimum Gasteiger partial charge on any atom is -0.369 e. The third-order valence-electron chi connectivity index (χ3n) is 5.54. The van der Waals surface area contributed by atoms with E-state index in [1.54, 1.807) is 6.33 Å². The van der Waals surface area contributed by atoms with Crippen LogP contribution in [0.5, 0.6) is 0 Å². The van der Waals surface area contributed by atoms with Crippen molar-refractivity contribution in [2.45, 2.75) is 32.8 Å². The molecule has 24 heavy (non-hydrogen) atoms. The van der Waals surface area contributed by atoms with Crippen molar-refractivity contribution in [3.63, 3.8) is 0 Å². The molecule has 3 heterocycles. The van der Waals surface area contributed by atoms with E-state index in [4.69, 9.17) is 4.74 Å². The molecule has 1 aromatic rings. The number of aliphatic hydroxyl groups excluding tert-OH is 1. The van der Waals surface area contributed by atoms with E-state index in [-0.39, 0.29) is 6.10 Å². The first-order chi connectivity index (χ1) is 11.5. The molecule has 3 atom stereocenters. The molecule has 0 amide bonds. The fraction of sp³-hybridized carbons (Fsp3) is 0.765. The Labute approximate surface area is 143 Å². The van der Waals surface area contributed by atoms with Gasteiger partial charge in [-0.15, -0.1) is 0 Å². The average Bonchev–Trinajstić information content (AvgIpc) is 2.98. The Morgan fingerprint density at radius 2 is 2.12 bits per heavy atom. The molecule has 3 unspecified atom stereocenters. The monoisotopic (exact) mass is 333 g/mol. The van der Waals surface area contributed by atoms with Crippen molar-refractivity contribution in [3.8, 4) is 0 Å². The highest BCUT2D eigenvalue weighted by molar-refractivity contribution is 5.61. The third-order valence-corrected chi connectivity index (χ3v) is 5.54. The molecule has 0 radical (unpaired) electrons. The van der Waals surface area contributed by atoms with E-state index >= 15 is 0 Å². The molecule has 7 heteroatoms. The zero-order chi connectivity index (χ0) is 16.8. The Kier molecular flexibility index (Phi) is 4.10. The summed E-state index contributed by atoms with van der Waals surface area (Å²) in [5.74, 6) is 4.09. The van der Waals surface area contributed by atoms with Gasteiger partial charge in [0.25, 0.3) is 0 Å². The van der Waals surface area contributed by atoms with Crippen molar-refractivity contribution in [3.05, 3.63) is 11.9 Å². The van der Waals surface area contributed by atoms with Gasteiger partial charge in [-0.1, -0.05) is 0 Å². The molecule has 3 aliphatic rings. The maximum absolute atomic E-state index is 10.1. The van der Waals surface area contributed by atoms with Gasteiger partial charge in [-0.05, 0) is 38.0 Å². The molecule has 2 N–H and O–H groups in total. The van der Waals surface area contributed by atoms with Gasteiger partial charge in [-0.2, -0.15) is 0 Å². The topological polar surface area (TPSA) is 73.8 Å². The van der Waals surface area contributed by atoms with Crippen LogP contribution in [0, 0.1) is 17.8 Å². The second-order valence-electron chi connectivity index (χ2n) is 7.54. The summed E-state index contributed by atoms with van der Waals surface area (Å²) in [4.78, 5) is 13.1. The predicted octanol–water partition coefficient (Wildman–Crippen LogP) is 0.759. The molecule has 1 aliphatic carbocycles. The Balaban J connectivity index is 1.33. The fourth-order valence-electron chi connectivity index (χ4n) is 4.29. The van der Waals surface area contributed by atoms with Gasteiger partial charge >= 0.3 is 0 Å². The van der Waals surface area contributed by atoms with Crippen molar-refractivity contribution in [2.75, 3.05) is 43.4 Å². The summed E-state index contributed by atoms with van der Waals surface area (Å²) in [6.45, 7) is 7.74. The zero-order valence-corrected chi connectivity index (χ0v) is 14.6. The molecule has 0 spiro atoms. The number of ether oxygens (including phenoxy) is 1. The standard InChI is InChI=1S/C17H27N5O2/c1-10(2)24-17(23)22-7-13-12(14(13)8-22)6-21(3)16-11-4-5-18-15(11)19-9-20-16/h9-10,12-14,17,23H,4-8H2,1-3H3,(H,18,19,20). The summed E-state index contributed by atoms with van der Waals surface area (Å²) in [5.41, 5.74) is 1.24. The Morgan fingerprint density at radius 1 is 1.38 bits per heavy atom. The number of aromatic nitrogens is 2. The number of anilines is 2. The molecule has 4 rings (SSSR count). The van der Waals surface area contributed by atoms with Crippen molar-refractivity contribution >= 4 is 11.6 Å². The first-order valence-electron chi connectivity index (χ1n) is 8.91. The molecule has 2 fully saturated rings. The van der Waals surface area contributed by atoms with Crippen molar-refractivity contribution in [1.82, 2.24) is 14.9 Å². The van der Waals surface area contributed by atoms with Gasteiger partial charge in [-0.25, -0.2) is 9.97 Å². The zero-order valence-electron chi connectivity index (χ0n) is 14.6. The maximum Gasteiger partial charge on any atom is 0.216 e. The van der Waals surface area contributed by atoms with Gasteiger partial charge in [-0.3, -0.25) is 4.90 Å². The average molecular weight is 333 g/mol. The maximum atomic E-state index is 10.1. The lowest BCUT2D eigenvalue weighted by Crippen LogP contribution is -2.39. The van der Waals surface area contributed by atoms with Crippen LogP contribution in [0.1, 0.15) is 19.4 Å². The van der Waals surface area contributed by atoms with E-state index in [0.717, 1.165) is 44.2 Å². The Bertz CT molecular complexity index is 599. The number of piperidine rings is 1. The molecule has 1 aromatic heterocycles. The summed E-state index contributed by atoms with van der Waals surface area (Å²) in [6.07, 6.45) is 1.94. The van der Waals surface area contributed by atoms with Crippen LogP contribution >= 0.6 is 0 Å². The molecule has 7 nitrogen and oxygen atoms in total. The largest absolute Gasteiger partial charge is 0.369 e. The number of rotatable bonds is 6. The number of aliphatic hydroxyl groups is 1. The number of hydrogen-bond donors (Lipinski definition) is 2. The minimum atomic E-state index is -0.757. The highest BCUT2D eigenvalue weighted by Crippen LogP contribution is 2.52. The molecule has 0 aromatic carbocycles. The van der Waals surface area contributed by atoms with E-state index in [1.807, 2.05) is 13.8 Å². The summed E-state index contributed by atoms with van der Waals surface area (Å²) in [6, 6.07) is 0. The quantitative estimate of drug-likeness (QED) is 0.745. The normalized spacial score (nSPS) is 29.3. The Morgan fingerprint density at radius 3 is 2.83 bits per heavy atom. The second kappa shape index (κ2) is 6.13. The van der Waals surface area contributed by atoms with Crippen molar-refractivity contribution in [1.29, 1.82) is 0 Å².